The summed E-state index contributed by atoms with van der Waals surface area (Å²) in [6, 6.07) is 4.90. The van der Waals surface area contributed by atoms with Gasteiger partial charge in [0, 0.05) is 12.4 Å². The van der Waals surface area contributed by atoms with Crippen molar-refractivity contribution in [3.63, 3.8) is 0 Å². The fourth-order valence-corrected chi connectivity index (χ4v) is 3.35. The lowest BCUT2D eigenvalue weighted by Gasteiger charge is -2.30. The standard InChI is InChI=1S/C16H22ClNO3/c1-21-14-8-4-7-13(15(14)19)16(20)18-10-12-6-3-2-5-11(12)9-17/h4,7-8,11-12,19H,2-3,5-6,9-10H2,1H3,(H,18,20). The molecular weight excluding hydrogens is 290 g/mol. The molecule has 1 fully saturated rings. The van der Waals surface area contributed by atoms with Crippen molar-refractivity contribution < 1.29 is 14.6 Å². The number of aromatic hydroxyl groups is 1. The third-order valence-corrected chi connectivity index (χ3v) is 4.65. The molecule has 0 radical (unpaired) electrons. The fourth-order valence-electron chi connectivity index (χ4n) is 2.95. The van der Waals surface area contributed by atoms with Gasteiger partial charge in [-0.3, -0.25) is 4.79 Å². The molecule has 0 bridgehead atoms. The minimum Gasteiger partial charge on any atom is -0.504 e. The number of phenolic OH excluding ortho intramolecular Hbond substituents is 1. The first-order valence-corrected chi connectivity index (χ1v) is 7.91. The lowest BCUT2D eigenvalue weighted by molar-refractivity contribution is 0.0933. The van der Waals surface area contributed by atoms with Crippen LogP contribution in [0.5, 0.6) is 11.5 Å². The highest BCUT2D eigenvalue weighted by atomic mass is 35.5. The predicted molar refractivity (Wildman–Crippen MR) is 83.2 cm³/mol. The van der Waals surface area contributed by atoms with Crippen LogP contribution >= 0.6 is 11.6 Å². The number of amides is 1. The van der Waals surface area contributed by atoms with Gasteiger partial charge in [0.05, 0.1) is 12.7 Å². The van der Waals surface area contributed by atoms with E-state index in [1.807, 2.05) is 0 Å². The number of para-hydroxylation sites is 1. The van der Waals surface area contributed by atoms with Gasteiger partial charge < -0.3 is 15.2 Å². The highest BCUT2D eigenvalue weighted by Crippen LogP contribution is 2.31. The van der Waals surface area contributed by atoms with Gasteiger partial charge in [0.25, 0.3) is 5.91 Å². The summed E-state index contributed by atoms with van der Waals surface area (Å²) in [5.74, 6) is 1.46. The molecule has 0 aliphatic heterocycles. The summed E-state index contributed by atoms with van der Waals surface area (Å²) in [6.07, 6.45) is 4.65. The molecule has 2 unspecified atom stereocenters. The number of rotatable bonds is 5. The molecule has 0 saturated heterocycles. The molecule has 2 rings (SSSR count). The van der Waals surface area contributed by atoms with E-state index in [0.717, 1.165) is 12.8 Å². The second-order valence-corrected chi connectivity index (χ2v) is 5.83. The zero-order valence-corrected chi connectivity index (χ0v) is 13.0. The van der Waals surface area contributed by atoms with E-state index in [1.165, 1.54) is 20.0 Å². The van der Waals surface area contributed by atoms with Gasteiger partial charge >= 0.3 is 0 Å². The quantitative estimate of drug-likeness (QED) is 0.821. The maximum absolute atomic E-state index is 12.2. The largest absolute Gasteiger partial charge is 0.504 e. The summed E-state index contributed by atoms with van der Waals surface area (Å²) >= 11 is 6.00. The van der Waals surface area contributed by atoms with Crippen LogP contribution in [-0.4, -0.2) is 30.5 Å². The molecule has 1 aromatic carbocycles. The van der Waals surface area contributed by atoms with E-state index >= 15 is 0 Å². The van der Waals surface area contributed by atoms with Crippen LogP contribution in [0, 0.1) is 11.8 Å². The van der Waals surface area contributed by atoms with E-state index in [-0.39, 0.29) is 17.2 Å². The van der Waals surface area contributed by atoms with E-state index in [2.05, 4.69) is 5.32 Å². The summed E-state index contributed by atoms with van der Waals surface area (Å²) in [7, 11) is 1.46. The smallest absolute Gasteiger partial charge is 0.255 e. The summed E-state index contributed by atoms with van der Waals surface area (Å²) in [5.41, 5.74) is 0.243. The SMILES string of the molecule is COc1cccc(C(=O)NCC2CCCCC2CCl)c1O. The maximum Gasteiger partial charge on any atom is 0.255 e. The lowest BCUT2D eigenvalue weighted by atomic mass is 9.80. The van der Waals surface area contributed by atoms with Crippen LogP contribution in [0.3, 0.4) is 0 Å². The van der Waals surface area contributed by atoms with Crippen LogP contribution in [-0.2, 0) is 0 Å². The molecule has 116 valence electrons. The molecular formula is C16H22ClNO3. The summed E-state index contributed by atoms with van der Waals surface area (Å²) in [6.45, 7) is 0.604. The third kappa shape index (κ3) is 3.82. The van der Waals surface area contributed by atoms with Gasteiger partial charge in [0.2, 0.25) is 0 Å². The number of hydrogen-bond donors (Lipinski definition) is 2. The van der Waals surface area contributed by atoms with Gasteiger partial charge in [-0.05, 0) is 36.8 Å². The van der Waals surface area contributed by atoms with E-state index in [0.29, 0.717) is 30.0 Å². The predicted octanol–water partition coefficient (Wildman–Crippen LogP) is 3.18. The lowest BCUT2D eigenvalue weighted by Crippen LogP contribution is -2.34. The Kier molecular flexibility index (Phi) is 5.74. The minimum atomic E-state index is -0.273. The highest BCUT2D eigenvalue weighted by molar-refractivity contribution is 6.18. The molecule has 1 aliphatic rings. The van der Waals surface area contributed by atoms with Crippen LogP contribution in [0.25, 0.3) is 0 Å². The van der Waals surface area contributed by atoms with Crippen LogP contribution in [0.1, 0.15) is 36.0 Å². The van der Waals surface area contributed by atoms with E-state index < -0.39 is 0 Å². The van der Waals surface area contributed by atoms with E-state index in [9.17, 15) is 9.90 Å². The summed E-state index contributed by atoms with van der Waals surface area (Å²) in [4.78, 5) is 12.2. The second kappa shape index (κ2) is 7.55. The van der Waals surface area contributed by atoms with E-state index in [4.69, 9.17) is 16.3 Å². The van der Waals surface area contributed by atoms with Crippen molar-refractivity contribution >= 4 is 17.5 Å². The van der Waals surface area contributed by atoms with Crippen LogP contribution in [0.4, 0.5) is 0 Å². The number of benzene rings is 1. The first-order chi connectivity index (χ1) is 10.2. The molecule has 0 aromatic heterocycles. The molecule has 4 nitrogen and oxygen atoms in total. The average Bonchev–Trinajstić information content (AvgIpc) is 2.53. The molecule has 21 heavy (non-hydrogen) atoms. The van der Waals surface area contributed by atoms with Crippen molar-refractivity contribution in [1.82, 2.24) is 5.32 Å². The molecule has 1 amide bonds. The van der Waals surface area contributed by atoms with Crippen LogP contribution in [0.15, 0.2) is 18.2 Å². The number of methoxy groups -OCH3 is 1. The van der Waals surface area contributed by atoms with Gasteiger partial charge in [0.1, 0.15) is 0 Å². The number of carbonyl (C=O) groups is 1. The Morgan fingerprint density at radius 1 is 1.38 bits per heavy atom. The zero-order valence-electron chi connectivity index (χ0n) is 12.3. The molecule has 0 spiro atoms. The number of carbonyl (C=O) groups excluding carboxylic acids is 1. The van der Waals surface area contributed by atoms with E-state index in [1.54, 1.807) is 18.2 Å². The van der Waals surface area contributed by atoms with Gasteiger partial charge in [-0.15, -0.1) is 11.6 Å². The van der Waals surface area contributed by atoms with Crippen LogP contribution in [0.2, 0.25) is 0 Å². The molecule has 1 aromatic rings. The van der Waals surface area contributed by atoms with Gasteiger partial charge in [0.15, 0.2) is 11.5 Å². The van der Waals surface area contributed by atoms with Crippen molar-refractivity contribution in [2.45, 2.75) is 25.7 Å². The average molecular weight is 312 g/mol. The van der Waals surface area contributed by atoms with Crippen molar-refractivity contribution in [3.05, 3.63) is 23.8 Å². The van der Waals surface area contributed by atoms with Crippen molar-refractivity contribution in [2.75, 3.05) is 19.5 Å². The Morgan fingerprint density at radius 3 is 2.76 bits per heavy atom. The first-order valence-electron chi connectivity index (χ1n) is 7.37. The molecule has 1 aliphatic carbocycles. The Labute approximate surface area is 130 Å². The third-order valence-electron chi connectivity index (χ3n) is 4.25. The molecule has 1 saturated carbocycles. The number of ether oxygens (including phenoxy) is 1. The Bertz CT molecular complexity index is 492. The fraction of sp³-hybridized carbons (Fsp3) is 0.562. The summed E-state index contributed by atoms with van der Waals surface area (Å²) < 4.78 is 5.02. The maximum atomic E-state index is 12.2. The second-order valence-electron chi connectivity index (χ2n) is 5.53. The van der Waals surface area contributed by atoms with Gasteiger partial charge in [-0.2, -0.15) is 0 Å². The van der Waals surface area contributed by atoms with Crippen molar-refractivity contribution in [2.24, 2.45) is 11.8 Å². The zero-order chi connectivity index (χ0) is 15.2. The topological polar surface area (TPSA) is 58.6 Å². The Morgan fingerprint density at radius 2 is 2.10 bits per heavy atom. The molecule has 5 heteroatoms. The van der Waals surface area contributed by atoms with Crippen molar-refractivity contribution in [1.29, 1.82) is 0 Å². The monoisotopic (exact) mass is 311 g/mol. The number of hydrogen-bond acceptors (Lipinski definition) is 3. The number of phenols is 1. The minimum absolute atomic E-state index is 0.116. The Hall–Kier alpha value is -1.42. The highest BCUT2D eigenvalue weighted by Gasteiger charge is 2.25. The van der Waals surface area contributed by atoms with Gasteiger partial charge in [-0.25, -0.2) is 0 Å². The molecule has 0 heterocycles. The molecule has 2 atom stereocenters. The van der Waals surface area contributed by atoms with Gasteiger partial charge in [-0.1, -0.05) is 18.9 Å². The molecule has 2 N–H and O–H groups in total. The van der Waals surface area contributed by atoms with Crippen molar-refractivity contribution in [3.8, 4) is 11.5 Å². The normalized spacial score (nSPS) is 21.8. The number of alkyl halides is 1. The Balaban J connectivity index is 1.98. The van der Waals surface area contributed by atoms with Crippen LogP contribution < -0.4 is 10.1 Å². The summed E-state index contributed by atoms with van der Waals surface area (Å²) in [5, 5.41) is 12.9. The number of nitrogens with one attached hydrogen (secondary N) is 1. The number of halogens is 1. The first kappa shape index (κ1) is 16.0.